The highest BCUT2D eigenvalue weighted by atomic mass is 35.5. The van der Waals surface area contributed by atoms with E-state index in [0.717, 1.165) is 35.4 Å². The fraction of sp³-hybridized carbons (Fsp3) is 0.188. The summed E-state index contributed by atoms with van der Waals surface area (Å²) in [6, 6.07) is 12.2. The van der Waals surface area contributed by atoms with Gasteiger partial charge in [0, 0.05) is 6.54 Å². The van der Waals surface area contributed by atoms with Crippen LogP contribution >= 0.6 is 23.2 Å². The number of benzene rings is 2. The van der Waals surface area contributed by atoms with E-state index in [9.17, 15) is 4.39 Å². The molecule has 3 rings (SSSR count). The highest BCUT2D eigenvalue weighted by molar-refractivity contribution is 6.35. The summed E-state index contributed by atoms with van der Waals surface area (Å²) in [5.74, 6) is 0.899. The summed E-state index contributed by atoms with van der Waals surface area (Å²) in [6.07, 6.45) is 0.780. The number of hydrogen-bond donors (Lipinski definition) is 0. The smallest absolute Gasteiger partial charge is 0.124 e. The fourth-order valence-electron chi connectivity index (χ4n) is 2.40. The molecule has 5 heteroatoms. The van der Waals surface area contributed by atoms with Crippen molar-refractivity contribution in [2.24, 2.45) is 0 Å². The van der Waals surface area contributed by atoms with Crippen LogP contribution in [-0.4, -0.2) is 9.55 Å². The maximum atomic E-state index is 12.9. The highest BCUT2D eigenvalue weighted by Crippen LogP contribution is 2.25. The van der Waals surface area contributed by atoms with E-state index in [-0.39, 0.29) is 5.82 Å². The van der Waals surface area contributed by atoms with Gasteiger partial charge in [-0.05, 0) is 36.2 Å². The summed E-state index contributed by atoms with van der Waals surface area (Å²) in [7, 11) is 0. The Kier molecular flexibility index (Phi) is 4.13. The first-order chi connectivity index (χ1) is 10.2. The first kappa shape index (κ1) is 14.4. The molecule has 0 radical (unpaired) electrons. The number of rotatable bonds is 4. The zero-order chi connectivity index (χ0) is 14.8. The number of hydrogen-bond acceptors (Lipinski definition) is 1. The van der Waals surface area contributed by atoms with E-state index in [1.165, 1.54) is 12.1 Å². The second kappa shape index (κ2) is 6.04. The van der Waals surface area contributed by atoms with Gasteiger partial charge in [-0.2, -0.15) is 0 Å². The predicted octanol–water partition coefficient (Wildman–Crippen LogP) is 4.81. The van der Waals surface area contributed by atoms with Crippen molar-refractivity contribution in [3.63, 3.8) is 0 Å². The molecular formula is C16H13Cl2FN2. The third-order valence-corrected chi connectivity index (χ3v) is 4.01. The monoisotopic (exact) mass is 322 g/mol. The molecule has 0 aliphatic rings. The van der Waals surface area contributed by atoms with E-state index >= 15 is 0 Å². The van der Waals surface area contributed by atoms with Gasteiger partial charge in [0.15, 0.2) is 0 Å². The number of para-hydroxylation sites is 1. The van der Waals surface area contributed by atoms with Crippen molar-refractivity contribution >= 4 is 34.2 Å². The van der Waals surface area contributed by atoms with Gasteiger partial charge >= 0.3 is 0 Å². The van der Waals surface area contributed by atoms with Gasteiger partial charge in [-0.3, -0.25) is 0 Å². The third-order valence-electron chi connectivity index (χ3n) is 3.47. The van der Waals surface area contributed by atoms with Crippen molar-refractivity contribution in [2.75, 3.05) is 0 Å². The van der Waals surface area contributed by atoms with Crippen molar-refractivity contribution in [1.82, 2.24) is 9.55 Å². The molecule has 0 fully saturated rings. The van der Waals surface area contributed by atoms with E-state index in [0.29, 0.717) is 10.9 Å². The molecule has 1 heterocycles. The molecule has 0 bridgehead atoms. The van der Waals surface area contributed by atoms with E-state index in [1.54, 1.807) is 12.1 Å². The molecule has 0 spiro atoms. The van der Waals surface area contributed by atoms with Crippen LogP contribution in [0.2, 0.25) is 5.02 Å². The SMILES string of the molecule is Fc1ccc(CCn2c(CCl)nc3c(Cl)cccc32)cc1. The molecule has 2 nitrogen and oxygen atoms in total. The van der Waals surface area contributed by atoms with Crippen molar-refractivity contribution < 1.29 is 4.39 Å². The summed E-state index contributed by atoms with van der Waals surface area (Å²) in [4.78, 5) is 4.50. The number of imidazole rings is 1. The second-order valence-corrected chi connectivity index (χ2v) is 5.47. The topological polar surface area (TPSA) is 17.8 Å². The molecule has 0 atom stereocenters. The maximum Gasteiger partial charge on any atom is 0.124 e. The van der Waals surface area contributed by atoms with Gasteiger partial charge in [-0.15, -0.1) is 11.6 Å². The van der Waals surface area contributed by atoms with Gasteiger partial charge < -0.3 is 4.57 Å². The quantitative estimate of drug-likeness (QED) is 0.630. The lowest BCUT2D eigenvalue weighted by atomic mass is 10.1. The number of fused-ring (bicyclic) bond motifs is 1. The van der Waals surface area contributed by atoms with Gasteiger partial charge in [0.2, 0.25) is 0 Å². The first-order valence-corrected chi connectivity index (χ1v) is 7.54. The number of aryl methyl sites for hydroxylation is 2. The van der Waals surface area contributed by atoms with Crippen LogP contribution in [0.3, 0.4) is 0 Å². The molecule has 3 aromatic rings. The Morgan fingerprint density at radius 3 is 2.57 bits per heavy atom. The Bertz CT molecular complexity index is 766. The first-order valence-electron chi connectivity index (χ1n) is 6.63. The van der Waals surface area contributed by atoms with Crippen molar-refractivity contribution in [1.29, 1.82) is 0 Å². The lowest BCUT2D eigenvalue weighted by Gasteiger charge is -2.08. The van der Waals surface area contributed by atoms with Gasteiger partial charge in [-0.25, -0.2) is 9.37 Å². The van der Waals surface area contributed by atoms with E-state index < -0.39 is 0 Å². The third kappa shape index (κ3) is 2.89. The average molecular weight is 323 g/mol. The Hall–Kier alpha value is -1.58. The van der Waals surface area contributed by atoms with Gasteiger partial charge in [-0.1, -0.05) is 29.8 Å². The minimum Gasteiger partial charge on any atom is -0.327 e. The molecule has 108 valence electrons. The van der Waals surface area contributed by atoms with E-state index in [4.69, 9.17) is 23.2 Å². The standard InChI is InChI=1S/C16H13Cl2FN2/c17-10-15-20-16-13(18)2-1-3-14(16)21(15)9-8-11-4-6-12(19)7-5-11/h1-7H,8-10H2. The Morgan fingerprint density at radius 2 is 1.86 bits per heavy atom. The Balaban J connectivity index is 1.92. The van der Waals surface area contributed by atoms with E-state index in [1.807, 2.05) is 18.2 Å². The van der Waals surface area contributed by atoms with Gasteiger partial charge in [0.25, 0.3) is 0 Å². The van der Waals surface area contributed by atoms with Crippen LogP contribution in [0, 0.1) is 5.82 Å². The van der Waals surface area contributed by atoms with Gasteiger partial charge in [0.1, 0.15) is 17.2 Å². The largest absolute Gasteiger partial charge is 0.327 e. The molecule has 21 heavy (non-hydrogen) atoms. The van der Waals surface area contributed by atoms with Crippen LogP contribution in [0.25, 0.3) is 11.0 Å². The lowest BCUT2D eigenvalue weighted by molar-refractivity contribution is 0.625. The molecule has 0 saturated carbocycles. The molecule has 1 aromatic heterocycles. The Labute approximate surface area is 132 Å². The molecule has 0 saturated heterocycles. The number of alkyl halides is 1. The highest BCUT2D eigenvalue weighted by Gasteiger charge is 2.12. The van der Waals surface area contributed by atoms with Crippen molar-refractivity contribution in [2.45, 2.75) is 18.8 Å². The van der Waals surface area contributed by atoms with Crippen molar-refractivity contribution in [3.8, 4) is 0 Å². The molecule has 0 aliphatic heterocycles. The minimum absolute atomic E-state index is 0.222. The van der Waals surface area contributed by atoms with Crippen LogP contribution in [0.4, 0.5) is 4.39 Å². The number of nitrogens with zero attached hydrogens (tertiary/aromatic N) is 2. The fourth-order valence-corrected chi connectivity index (χ4v) is 2.82. The van der Waals surface area contributed by atoms with Gasteiger partial charge in [0.05, 0.1) is 16.4 Å². The second-order valence-electron chi connectivity index (χ2n) is 4.80. The molecule has 0 unspecified atom stereocenters. The molecule has 2 aromatic carbocycles. The Morgan fingerprint density at radius 1 is 1.10 bits per heavy atom. The van der Waals surface area contributed by atoms with E-state index in [2.05, 4.69) is 9.55 Å². The summed E-state index contributed by atoms with van der Waals surface area (Å²) < 4.78 is 15.0. The van der Waals surface area contributed by atoms with Crippen LogP contribution in [0.15, 0.2) is 42.5 Å². The summed E-state index contributed by atoms with van der Waals surface area (Å²) in [5.41, 5.74) is 2.81. The predicted molar refractivity (Wildman–Crippen MR) is 84.4 cm³/mol. The van der Waals surface area contributed by atoms with Crippen molar-refractivity contribution in [3.05, 3.63) is 64.7 Å². The van der Waals surface area contributed by atoms with Crippen LogP contribution in [-0.2, 0) is 18.8 Å². The maximum absolute atomic E-state index is 12.9. The molecule has 0 amide bonds. The lowest BCUT2D eigenvalue weighted by Crippen LogP contribution is -2.05. The summed E-state index contributed by atoms with van der Waals surface area (Å²) in [6.45, 7) is 0.727. The number of halogens is 3. The zero-order valence-corrected chi connectivity index (χ0v) is 12.7. The zero-order valence-electron chi connectivity index (χ0n) is 11.2. The summed E-state index contributed by atoms with van der Waals surface area (Å²) >= 11 is 12.2. The number of aromatic nitrogens is 2. The molecule has 0 aliphatic carbocycles. The van der Waals surface area contributed by atoms with Crippen LogP contribution in [0.5, 0.6) is 0 Å². The molecular weight excluding hydrogens is 310 g/mol. The minimum atomic E-state index is -0.222. The molecule has 0 N–H and O–H groups in total. The normalized spacial score (nSPS) is 11.2. The summed E-state index contributed by atoms with van der Waals surface area (Å²) in [5, 5.41) is 0.624. The van der Waals surface area contributed by atoms with Crippen LogP contribution in [0.1, 0.15) is 11.4 Å². The van der Waals surface area contributed by atoms with Crippen LogP contribution < -0.4 is 0 Å². The average Bonchev–Trinajstić information content (AvgIpc) is 2.86.